The number of ketones is 1. The number of nitrogens with one attached hydrogen (secondary N) is 1. The van der Waals surface area contributed by atoms with Gasteiger partial charge in [-0.1, -0.05) is 0 Å². The number of carbonyl (C=O) groups is 1. The number of nitrogens with two attached hydrogens (primary N) is 1. The van der Waals surface area contributed by atoms with Gasteiger partial charge in [0.25, 0.3) is 0 Å². The van der Waals surface area contributed by atoms with Gasteiger partial charge in [-0.3, -0.25) is 9.52 Å². The lowest BCUT2D eigenvalue weighted by Gasteiger charge is -2.06. The molecule has 1 rings (SSSR count). The van der Waals surface area contributed by atoms with Crippen molar-refractivity contribution >= 4 is 21.5 Å². The third-order valence-electron chi connectivity index (χ3n) is 1.71. The van der Waals surface area contributed by atoms with Gasteiger partial charge in [-0.05, 0) is 18.2 Å². The van der Waals surface area contributed by atoms with Crippen LogP contribution in [0.25, 0.3) is 0 Å². The zero-order valence-corrected chi connectivity index (χ0v) is 9.34. The van der Waals surface area contributed by atoms with Crippen molar-refractivity contribution in [2.75, 3.05) is 17.5 Å². The minimum atomic E-state index is -3.50. The molecule has 0 aliphatic rings. The zero-order chi connectivity index (χ0) is 12.3. The summed E-state index contributed by atoms with van der Waals surface area (Å²) in [6, 6.07) is 3.22. The third kappa shape index (κ3) is 3.59. The SMILES string of the molecule is CS(=O)(=O)Nc1cc(F)cc(C(=O)CN)c1. The standard InChI is InChI=1S/C9H11FN2O3S/c1-16(14,15)12-8-3-6(9(13)5-11)2-7(10)4-8/h2-4,12H,5,11H2,1H3. The van der Waals surface area contributed by atoms with Crippen molar-refractivity contribution in [3.63, 3.8) is 0 Å². The Kier molecular flexibility index (Phi) is 3.61. The number of rotatable bonds is 4. The Morgan fingerprint density at radius 1 is 1.44 bits per heavy atom. The van der Waals surface area contributed by atoms with Gasteiger partial charge >= 0.3 is 0 Å². The topological polar surface area (TPSA) is 89.3 Å². The van der Waals surface area contributed by atoms with Crippen LogP contribution in [0.2, 0.25) is 0 Å². The molecular formula is C9H11FN2O3S. The van der Waals surface area contributed by atoms with E-state index in [9.17, 15) is 17.6 Å². The van der Waals surface area contributed by atoms with E-state index in [0.29, 0.717) is 0 Å². The molecule has 0 amide bonds. The molecule has 0 radical (unpaired) electrons. The quantitative estimate of drug-likeness (QED) is 0.750. The van der Waals surface area contributed by atoms with E-state index in [2.05, 4.69) is 4.72 Å². The van der Waals surface area contributed by atoms with E-state index in [4.69, 9.17) is 5.73 Å². The predicted molar refractivity (Wildman–Crippen MR) is 58.3 cm³/mol. The first-order valence-corrected chi connectivity index (χ1v) is 6.22. The molecule has 0 aliphatic heterocycles. The van der Waals surface area contributed by atoms with Gasteiger partial charge in [0.1, 0.15) is 5.82 Å². The van der Waals surface area contributed by atoms with E-state index < -0.39 is 21.6 Å². The largest absolute Gasteiger partial charge is 0.324 e. The summed E-state index contributed by atoms with van der Waals surface area (Å²) in [5.74, 6) is -1.17. The molecular weight excluding hydrogens is 235 g/mol. The van der Waals surface area contributed by atoms with Crippen molar-refractivity contribution in [3.8, 4) is 0 Å². The maximum Gasteiger partial charge on any atom is 0.229 e. The molecule has 7 heteroatoms. The van der Waals surface area contributed by atoms with E-state index in [-0.39, 0.29) is 17.8 Å². The predicted octanol–water partition coefficient (Wildman–Crippen LogP) is 0.339. The summed E-state index contributed by atoms with van der Waals surface area (Å²) >= 11 is 0. The number of carbonyl (C=O) groups excluding carboxylic acids is 1. The van der Waals surface area contributed by atoms with Crippen LogP contribution in [0, 0.1) is 5.82 Å². The van der Waals surface area contributed by atoms with Crippen LogP contribution >= 0.6 is 0 Å². The van der Waals surface area contributed by atoms with E-state index in [1.165, 1.54) is 6.07 Å². The van der Waals surface area contributed by atoms with Crippen LogP contribution < -0.4 is 10.5 Å². The van der Waals surface area contributed by atoms with Gasteiger partial charge in [0.15, 0.2) is 5.78 Å². The number of Topliss-reactive ketones (excluding diaryl/α,β-unsaturated/α-hetero) is 1. The molecule has 0 unspecified atom stereocenters. The van der Waals surface area contributed by atoms with Gasteiger partial charge in [0.05, 0.1) is 18.5 Å². The molecule has 0 fully saturated rings. The Balaban J connectivity index is 3.13. The molecule has 0 bridgehead atoms. The minimum absolute atomic E-state index is 0.000648. The fourth-order valence-electron chi connectivity index (χ4n) is 1.14. The lowest BCUT2D eigenvalue weighted by molar-refractivity contribution is 0.100. The first kappa shape index (κ1) is 12.6. The minimum Gasteiger partial charge on any atom is -0.324 e. The summed E-state index contributed by atoms with van der Waals surface area (Å²) in [6.45, 7) is -0.262. The van der Waals surface area contributed by atoms with Crippen LogP contribution in [0.3, 0.4) is 0 Å². The van der Waals surface area contributed by atoms with Crippen LogP contribution in [0.1, 0.15) is 10.4 Å². The van der Waals surface area contributed by atoms with Crippen molar-refractivity contribution in [3.05, 3.63) is 29.6 Å². The fourth-order valence-corrected chi connectivity index (χ4v) is 1.69. The molecule has 0 saturated carbocycles. The average molecular weight is 246 g/mol. The van der Waals surface area contributed by atoms with Crippen molar-refractivity contribution < 1.29 is 17.6 Å². The summed E-state index contributed by atoms with van der Waals surface area (Å²) in [4.78, 5) is 11.2. The van der Waals surface area contributed by atoms with Crippen LogP contribution in [-0.2, 0) is 10.0 Å². The molecule has 88 valence electrons. The molecule has 1 aromatic carbocycles. The molecule has 5 nitrogen and oxygen atoms in total. The Morgan fingerprint density at radius 2 is 2.06 bits per heavy atom. The number of halogens is 1. The summed E-state index contributed by atoms with van der Waals surface area (Å²) in [6.07, 6.45) is 0.933. The van der Waals surface area contributed by atoms with Crippen molar-refractivity contribution in [1.82, 2.24) is 0 Å². The highest BCUT2D eigenvalue weighted by Crippen LogP contribution is 2.15. The van der Waals surface area contributed by atoms with Gasteiger partial charge < -0.3 is 5.73 Å². The van der Waals surface area contributed by atoms with Gasteiger partial charge in [-0.15, -0.1) is 0 Å². The van der Waals surface area contributed by atoms with E-state index in [0.717, 1.165) is 18.4 Å². The number of sulfonamides is 1. The van der Waals surface area contributed by atoms with E-state index in [1.54, 1.807) is 0 Å². The Labute approximate surface area is 92.5 Å². The summed E-state index contributed by atoms with van der Waals surface area (Å²) in [5, 5.41) is 0. The Morgan fingerprint density at radius 3 is 2.56 bits per heavy atom. The number of hydrogen-bond acceptors (Lipinski definition) is 4. The van der Waals surface area contributed by atoms with Crippen LogP contribution in [-0.4, -0.2) is 27.0 Å². The highest BCUT2D eigenvalue weighted by Gasteiger charge is 2.09. The second-order valence-electron chi connectivity index (χ2n) is 3.23. The lowest BCUT2D eigenvalue weighted by atomic mass is 10.1. The van der Waals surface area contributed by atoms with Gasteiger partial charge in [0.2, 0.25) is 10.0 Å². The molecule has 0 aromatic heterocycles. The van der Waals surface area contributed by atoms with E-state index >= 15 is 0 Å². The van der Waals surface area contributed by atoms with Crippen LogP contribution in [0.5, 0.6) is 0 Å². The van der Waals surface area contributed by atoms with Crippen LogP contribution in [0.15, 0.2) is 18.2 Å². The zero-order valence-electron chi connectivity index (χ0n) is 8.53. The summed E-state index contributed by atoms with van der Waals surface area (Å²) in [5.41, 5.74) is 5.16. The first-order valence-electron chi connectivity index (χ1n) is 4.33. The maximum atomic E-state index is 13.1. The molecule has 3 N–H and O–H groups in total. The highest BCUT2D eigenvalue weighted by atomic mass is 32.2. The first-order chi connectivity index (χ1) is 7.31. The molecule has 0 saturated heterocycles. The molecule has 0 spiro atoms. The van der Waals surface area contributed by atoms with Crippen molar-refractivity contribution in [2.45, 2.75) is 0 Å². The van der Waals surface area contributed by atoms with Gasteiger partial charge in [-0.25, -0.2) is 12.8 Å². The number of hydrogen-bond donors (Lipinski definition) is 2. The Hall–Kier alpha value is -1.47. The monoisotopic (exact) mass is 246 g/mol. The fraction of sp³-hybridized carbons (Fsp3) is 0.222. The van der Waals surface area contributed by atoms with Gasteiger partial charge in [0, 0.05) is 5.56 Å². The second kappa shape index (κ2) is 4.58. The number of benzene rings is 1. The number of anilines is 1. The summed E-state index contributed by atoms with van der Waals surface area (Å²) < 4.78 is 37.0. The van der Waals surface area contributed by atoms with Crippen LogP contribution in [0.4, 0.5) is 10.1 Å². The molecule has 0 heterocycles. The van der Waals surface area contributed by atoms with Crippen molar-refractivity contribution in [1.29, 1.82) is 0 Å². The third-order valence-corrected chi connectivity index (χ3v) is 2.31. The molecule has 0 atom stereocenters. The van der Waals surface area contributed by atoms with Crippen molar-refractivity contribution in [2.24, 2.45) is 5.73 Å². The Bertz CT molecular complexity index is 513. The maximum absolute atomic E-state index is 13.1. The smallest absolute Gasteiger partial charge is 0.229 e. The molecule has 0 aliphatic carbocycles. The van der Waals surface area contributed by atoms with E-state index in [1.807, 2.05) is 0 Å². The average Bonchev–Trinajstić information content (AvgIpc) is 2.12. The normalized spacial score (nSPS) is 11.2. The summed E-state index contributed by atoms with van der Waals surface area (Å²) in [7, 11) is -3.50. The molecule has 16 heavy (non-hydrogen) atoms. The second-order valence-corrected chi connectivity index (χ2v) is 4.98. The lowest BCUT2D eigenvalue weighted by Crippen LogP contribution is -2.15. The van der Waals surface area contributed by atoms with Gasteiger partial charge in [-0.2, -0.15) is 0 Å². The molecule has 1 aromatic rings. The highest BCUT2D eigenvalue weighted by molar-refractivity contribution is 7.92.